The van der Waals surface area contributed by atoms with Crippen molar-refractivity contribution in [3.8, 4) is 0 Å². The Morgan fingerprint density at radius 1 is 0.909 bits per heavy atom. The predicted octanol–water partition coefficient (Wildman–Crippen LogP) is 7.02. The van der Waals surface area contributed by atoms with Gasteiger partial charge in [0.25, 0.3) is 0 Å². The van der Waals surface area contributed by atoms with Crippen LogP contribution in [0.2, 0.25) is 0 Å². The number of benzene rings is 1. The Morgan fingerprint density at radius 3 is 2.34 bits per heavy atom. The Kier molecular flexibility index (Phi) is 10.2. The second-order valence-electron chi connectivity index (χ2n) is 11.9. The Morgan fingerprint density at radius 2 is 1.66 bits per heavy atom. The summed E-state index contributed by atoms with van der Waals surface area (Å²) in [6.07, 6.45) is 7.56. The first-order valence-electron chi connectivity index (χ1n) is 16.8. The Labute approximate surface area is 263 Å². The molecule has 0 saturated carbocycles. The van der Waals surface area contributed by atoms with Crippen LogP contribution < -0.4 is 14.7 Å². The lowest BCUT2D eigenvalue weighted by Crippen LogP contribution is -2.46. The maximum absolute atomic E-state index is 5.27. The summed E-state index contributed by atoms with van der Waals surface area (Å²) in [5.74, 6) is 3.22. The summed E-state index contributed by atoms with van der Waals surface area (Å²) in [6.45, 7) is 23.6. The van der Waals surface area contributed by atoms with E-state index in [2.05, 4.69) is 93.7 Å². The smallest absolute Gasteiger partial charge is 0.160 e. The third kappa shape index (κ3) is 6.33. The van der Waals surface area contributed by atoms with Gasteiger partial charge < -0.3 is 19.6 Å². The summed E-state index contributed by atoms with van der Waals surface area (Å²) in [7, 11) is 0. The summed E-state index contributed by atoms with van der Waals surface area (Å²) < 4.78 is 2.09. The van der Waals surface area contributed by atoms with Gasteiger partial charge in [-0.05, 0) is 51.2 Å². The minimum atomic E-state index is 0.152. The summed E-state index contributed by atoms with van der Waals surface area (Å²) in [5, 5.41) is 6.41. The topological polar surface area (TPSA) is 68.9 Å². The van der Waals surface area contributed by atoms with E-state index in [-0.39, 0.29) is 6.04 Å². The number of nitrogens with zero attached hydrogens (tertiary/aromatic N) is 9. The first-order chi connectivity index (χ1) is 21.5. The molecule has 236 valence electrons. The number of aromatic nitrogens is 5. The highest BCUT2D eigenvalue weighted by atomic mass is 15.4. The summed E-state index contributed by atoms with van der Waals surface area (Å²) in [6, 6.07) is 10.9. The molecule has 1 unspecified atom stereocenters. The number of fused-ring (bicyclic) bond motifs is 2. The third-order valence-electron chi connectivity index (χ3n) is 8.70. The van der Waals surface area contributed by atoms with Gasteiger partial charge in [-0.15, -0.1) is 0 Å². The van der Waals surface area contributed by atoms with Gasteiger partial charge in [-0.3, -0.25) is 0 Å². The fourth-order valence-electron chi connectivity index (χ4n) is 6.35. The second kappa shape index (κ2) is 14.3. The van der Waals surface area contributed by atoms with Gasteiger partial charge in [-0.1, -0.05) is 52.8 Å². The molecule has 3 aromatic heterocycles. The van der Waals surface area contributed by atoms with Gasteiger partial charge in [-0.25, -0.2) is 15.0 Å². The maximum Gasteiger partial charge on any atom is 0.160 e. The average molecular weight is 598 g/mol. The van der Waals surface area contributed by atoms with Crippen molar-refractivity contribution < 1.29 is 0 Å². The number of allylic oxidation sites excluding steroid dienone is 1. The fraction of sp³-hybridized carbons (Fsp3) is 0.543. The van der Waals surface area contributed by atoms with Gasteiger partial charge in [-0.2, -0.15) is 9.61 Å². The van der Waals surface area contributed by atoms with Crippen LogP contribution in [0.4, 0.5) is 17.5 Å². The number of piperidine rings is 1. The molecule has 9 nitrogen and oxygen atoms in total. The van der Waals surface area contributed by atoms with Crippen LogP contribution in [-0.2, 0) is 0 Å². The van der Waals surface area contributed by atoms with Crippen molar-refractivity contribution >= 4 is 34.0 Å². The van der Waals surface area contributed by atoms with Crippen molar-refractivity contribution in [1.82, 2.24) is 29.5 Å². The van der Waals surface area contributed by atoms with E-state index < -0.39 is 0 Å². The molecule has 0 N–H and O–H groups in total. The van der Waals surface area contributed by atoms with E-state index in [1.807, 2.05) is 13.8 Å². The van der Waals surface area contributed by atoms with Crippen LogP contribution in [0.3, 0.4) is 0 Å². The molecule has 3 aliphatic rings. The van der Waals surface area contributed by atoms with Crippen LogP contribution in [0.15, 0.2) is 48.9 Å². The van der Waals surface area contributed by atoms with E-state index in [4.69, 9.17) is 15.1 Å². The summed E-state index contributed by atoms with van der Waals surface area (Å²) >= 11 is 0. The van der Waals surface area contributed by atoms with Gasteiger partial charge in [0, 0.05) is 69.0 Å². The summed E-state index contributed by atoms with van der Waals surface area (Å²) in [4.78, 5) is 24.2. The van der Waals surface area contributed by atoms with E-state index in [1.54, 1.807) is 6.33 Å². The molecule has 3 saturated heterocycles. The molecule has 0 radical (unpaired) electrons. The van der Waals surface area contributed by atoms with Crippen LogP contribution in [0.25, 0.3) is 16.6 Å². The molecule has 6 heterocycles. The van der Waals surface area contributed by atoms with Gasteiger partial charge in [0.15, 0.2) is 5.65 Å². The molecular formula is C35H51N9. The fourth-order valence-corrected chi connectivity index (χ4v) is 6.35. The van der Waals surface area contributed by atoms with E-state index in [9.17, 15) is 0 Å². The molecule has 4 aromatic rings. The van der Waals surface area contributed by atoms with Gasteiger partial charge in [0.2, 0.25) is 0 Å². The minimum absolute atomic E-state index is 0.152. The molecule has 44 heavy (non-hydrogen) atoms. The van der Waals surface area contributed by atoms with Crippen molar-refractivity contribution in [2.75, 3.05) is 60.5 Å². The number of hydrogen-bond donors (Lipinski definition) is 0. The molecule has 1 aromatic carbocycles. The average Bonchev–Trinajstić information content (AvgIpc) is 3.45. The first-order valence-corrected chi connectivity index (χ1v) is 16.8. The molecule has 0 spiro atoms. The predicted molar refractivity (Wildman–Crippen MR) is 184 cm³/mol. The standard InChI is InChI=1S/C30H37N9.C3H8.C2H6/c1-21(2)35-14-16-37(17-15-35)28-19-26(36-11-7-12-36)33-27-18-24(34-39(27)28)25-10-4-5-13-38(25)30-29-22(3)8-6-9-23(29)31-20-32-30;1-3-2;1-2/h6,8-9,18-20,25H,1,4-5,7,10-17H2,2-3H3;3H2,1-2H3;1-2H3. The minimum Gasteiger partial charge on any atom is -0.372 e. The molecule has 1 atom stereocenters. The highest BCUT2D eigenvalue weighted by Gasteiger charge is 2.31. The van der Waals surface area contributed by atoms with Gasteiger partial charge in [0.05, 0.1) is 17.3 Å². The highest BCUT2D eigenvalue weighted by Crippen LogP contribution is 2.38. The van der Waals surface area contributed by atoms with Crippen LogP contribution in [0.5, 0.6) is 0 Å². The van der Waals surface area contributed by atoms with Crippen molar-refractivity contribution in [2.45, 2.75) is 79.7 Å². The lowest BCUT2D eigenvalue weighted by atomic mass is 9.98. The van der Waals surface area contributed by atoms with Crippen LogP contribution in [0.1, 0.15) is 84.0 Å². The Bertz CT molecular complexity index is 1540. The lowest BCUT2D eigenvalue weighted by molar-refractivity contribution is 0.322. The van der Waals surface area contributed by atoms with E-state index in [0.29, 0.717) is 0 Å². The molecule has 0 aliphatic carbocycles. The van der Waals surface area contributed by atoms with Crippen LogP contribution in [-0.4, -0.2) is 75.3 Å². The quantitative estimate of drug-likeness (QED) is 0.243. The van der Waals surface area contributed by atoms with Crippen molar-refractivity contribution in [3.05, 3.63) is 60.2 Å². The van der Waals surface area contributed by atoms with Crippen molar-refractivity contribution in [2.24, 2.45) is 0 Å². The van der Waals surface area contributed by atoms with Gasteiger partial charge in [0.1, 0.15) is 23.8 Å². The molecule has 7 rings (SSSR count). The maximum atomic E-state index is 5.27. The van der Waals surface area contributed by atoms with E-state index in [1.165, 1.54) is 24.8 Å². The van der Waals surface area contributed by atoms with Crippen LogP contribution in [0, 0.1) is 6.92 Å². The second-order valence-corrected chi connectivity index (χ2v) is 11.9. The molecule has 3 aliphatic heterocycles. The van der Waals surface area contributed by atoms with Crippen LogP contribution >= 0.6 is 0 Å². The largest absolute Gasteiger partial charge is 0.372 e. The Hall–Kier alpha value is -3.88. The monoisotopic (exact) mass is 597 g/mol. The zero-order valence-electron chi connectivity index (χ0n) is 27.8. The molecule has 9 heteroatoms. The number of hydrogen-bond acceptors (Lipinski definition) is 8. The van der Waals surface area contributed by atoms with E-state index >= 15 is 0 Å². The number of rotatable bonds is 5. The number of aryl methyl sites for hydroxylation is 1. The third-order valence-corrected chi connectivity index (χ3v) is 8.70. The lowest BCUT2D eigenvalue weighted by Gasteiger charge is -2.38. The van der Waals surface area contributed by atoms with E-state index in [0.717, 1.165) is 104 Å². The number of piperazine rings is 1. The van der Waals surface area contributed by atoms with Crippen molar-refractivity contribution in [1.29, 1.82) is 0 Å². The normalized spacial score (nSPS) is 18.4. The zero-order chi connectivity index (χ0) is 31.2. The van der Waals surface area contributed by atoms with Crippen molar-refractivity contribution in [3.63, 3.8) is 0 Å². The van der Waals surface area contributed by atoms with Gasteiger partial charge >= 0.3 is 0 Å². The molecule has 3 fully saturated rings. The Balaban J connectivity index is 0.000000726. The molecular weight excluding hydrogens is 546 g/mol. The zero-order valence-corrected chi connectivity index (χ0v) is 27.8. The SMILES string of the molecule is C=C(C)N1CCN(c2cc(N3CCC3)nc3cc(C4CCCCN4c4ncnc5cccc(C)c45)nn23)CC1.CC.CCC. The summed E-state index contributed by atoms with van der Waals surface area (Å²) in [5.41, 5.74) is 5.35. The first kappa shape index (κ1) is 31.5. The number of anilines is 3. The highest BCUT2D eigenvalue weighted by molar-refractivity contribution is 5.92. The molecule has 0 bridgehead atoms. The molecule has 0 amide bonds.